The fourth-order valence-corrected chi connectivity index (χ4v) is 3.85. The zero-order valence-corrected chi connectivity index (χ0v) is 14.1. The summed E-state index contributed by atoms with van der Waals surface area (Å²) in [6.07, 6.45) is 0. The molecule has 0 amide bonds. The van der Waals surface area contributed by atoms with Crippen LogP contribution in [0.15, 0.2) is 9.95 Å². The maximum Gasteiger partial charge on any atom is 0.263 e. The Bertz CT molecular complexity index is 758. The number of hydrogen-bond acceptors (Lipinski definition) is 6. The van der Waals surface area contributed by atoms with Crippen LogP contribution in [0, 0.1) is 25.2 Å². The first kappa shape index (κ1) is 16.0. The van der Waals surface area contributed by atoms with E-state index in [1.807, 2.05) is 13.8 Å². The fraction of sp³-hybridized carbons (Fsp3) is 0.500. The molecule has 1 atom stereocenters. The van der Waals surface area contributed by atoms with Crippen molar-refractivity contribution >= 4 is 33.3 Å². The quantitative estimate of drug-likeness (QED) is 0.625. The molecule has 0 fully saturated rings. The number of nitriles is 1. The number of thiophene rings is 1. The van der Waals surface area contributed by atoms with Crippen molar-refractivity contribution in [1.82, 2.24) is 9.55 Å². The van der Waals surface area contributed by atoms with Gasteiger partial charge in [-0.15, -0.1) is 11.3 Å². The molecule has 0 radical (unpaired) electrons. The van der Waals surface area contributed by atoms with Crippen LogP contribution in [0.25, 0.3) is 10.2 Å². The monoisotopic (exact) mass is 323 g/mol. The Kier molecular flexibility index (Phi) is 5.04. The molecule has 0 N–H and O–H groups in total. The molecule has 0 aromatic carbocycles. The zero-order valence-electron chi connectivity index (χ0n) is 12.5. The number of hydrogen-bond donors (Lipinski definition) is 0. The minimum Gasteiger partial charge on any atom is -0.383 e. The normalized spacial score (nSPS) is 12.5. The lowest BCUT2D eigenvalue weighted by atomic mass is 10.2. The summed E-state index contributed by atoms with van der Waals surface area (Å²) in [5, 5.41) is 9.99. The Morgan fingerprint density at radius 2 is 2.24 bits per heavy atom. The average Bonchev–Trinajstić information content (AvgIpc) is 2.73. The van der Waals surface area contributed by atoms with E-state index >= 15 is 0 Å². The molecule has 0 bridgehead atoms. The summed E-state index contributed by atoms with van der Waals surface area (Å²) in [7, 11) is 1.60. The van der Waals surface area contributed by atoms with Gasteiger partial charge in [-0.2, -0.15) is 5.26 Å². The molecule has 0 spiro atoms. The van der Waals surface area contributed by atoms with Crippen molar-refractivity contribution in [3.63, 3.8) is 0 Å². The molecule has 7 heteroatoms. The van der Waals surface area contributed by atoms with E-state index in [-0.39, 0.29) is 10.8 Å². The topological polar surface area (TPSA) is 67.9 Å². The first-order chi connectivity index (χ1) is 9.99. The van der Waals surface area contributed by atoms with Gasteiger partial charge >= 0.3 is 0 Å². The van der Waals surface area contributed by atoms with E-state index in [4.69, 9.17) is 10.00 Å². The smallest absolute Gasteiger partial charge is 0.263 e. The number of nitrogens with zero attached hydrogens (tertiary/aromatic N) is 3. The summed E-state index contributed by atoms with van der Waals surface area (Å²) in [6.45, 7) is 6.61. The van der Waals surface area contributed by atoms with Gasteiger partial charge in [0.2, 0.25) is 0 Å². The van der Waals surface area contributed by atoms with Crippen LogP contribution in [-0.2, 0) is 11.3 Å². The molecule has 112 valence electrons. The number of methoxy groups -OCH3 is 1. The lowest BCUT2D eigenvalue weighted by molar-refractivity contribution is 0.183. The molecule has 2 heterocycles. The van der Waals surface area contributed by atoms with Gasteiger partial charge in [0.05, 0.1) is 29.9 Å². The van der Waals surface area contributed by atoms with Gasteiger partial charge in [-0.1, -0.05) is 11.8 Å². The maximum atomic E-state index is 12.7. The molecule has 0 saturated carbocycles. The second kappa shape index (κ2) is 6.60. The third-order valence-corrected chi connectivity index (χ3v) is 5.32. The summed E-state index contributed by atoms with van der Waals surface area (Å²) in [5.74, 6) is 0. The van der Waals surface area contributed by atoms with Crippen LogP contribution in [0.5, 0.6) is 0 Å². The zero-order chi connectivity index (χ0) is 15.6. The molecule has 2 aromatic rings. The lowest BCUT2D eigenvalue weighted by Crippen LogP contribution is -2.25. The predicted molar refractivity (Wildman–Crippen MR) is 86.2 cm³/mol. The highest BCUT2D eigenvalue weighted by Crippen LogP contribution is 2.29. The predicted octanol–water partition coefficient (Wildman–Crippen LogP) is 2.73. The van der Waals surface area contributed by atoms with E-state index in [1.54, 1.807) is 18.6 Å². The van der Waals surface area contributed by atoms with Gasteiger partial charge in [0.15, 0.2) is 5.16 Å². The first-order valence-electron chi connectivity index (χ1n) is 6.55. The highest BCUT2D eigenvalue weighted by atomic mass is 32.2. The molecule has 0 unspecified atom stereocenters. The van der Waals surface area contributed by atoms with Crippen molar-refractivity contribution in [3.8, 4) is 6.07 Å². The molecule has 2 aromatic heterocycles. The van der Waals surface area contributed by atoms with E-state index in [0.717, 1.165) is 15.3 Å². The third kappa shape index (κ3) is 3.12. The van der Waals surface area contributed by atoms with E-state index in [0.29, 0.717) is 23.7 Å². The number of ether oxygens (including phenoxy) is 1. The number of rotatable bonds is 5. The highest BCUT2D eigenvalue weighted by Gasteiger charge is 2.18. The third-order valence-electron chi connectivity index (χ3n) is 3.24. The van der Waals surface area contributed by atoms with E-state index in [9.17, 15) is 4.79 Å². The van der Waals surface area contributed by atoms with Gasteiger partial charge in [-0.05, 0) is 26.3 Å². The number of aromatic nitrogens is 2. The van der Waals surface area contributed by atoms with E-state index in [2.05, 4.69) is 11.1 Å². The van der Waals surface area contributed by atoms with Crippen molar-refractivity contribution in [2.45, 2.75) is 37.7 Å². The number of fused-ring (bicyclic) bond motifs is 1. The summed E-state index contributed by atoms with van der Waals surface area (Å²) in [4.78, 5) is 19.2. The van der Waals surface area contributed by atoms with Crippen molar-refractivity contribution in [2.75, 3.05) is 13.7 Å². The second-order valence-electron chi connectivity index (χ2n) is 4.70. The molecule has 5 nitrogen and oxygen atoms in total. The van der Waals surface area contributed by atoms with Crippen LogP contribution in [-0.4, -0.2) is 28.5 Å². The first-order valence-corrected chi connectivity index (χ1v) is 8.25. The van der Waals surface area contributed by atoms with Gasteiger partial charge in [0.25, 0.3) is 5.56 Å². The second-order valence-corrected chi connectivity index (χ2v) is 7.21. The van der Waals surface area contributed by atoms with Crippen molar-refractivity contribution in [3.05, 3.63) is 20.8 Å². The van der Waals surface area contributed by atoms with Crippen molar-refractivity contribution in [1.29, 1.82) is 5.26 Å². The number of thioether (sulfide) groups is 1. The molecule has 0 saturated heterocycles. The van der Waals surface area contributed by atoms with Crippen LogP contribution < -0.4 is 5.56 Å². The molecule has 21 heavy (non-hydrogen) atoms. The standard InChI is InChI=1S/C14H17N3O2S2/c1-8(7-15)20-14-16-12-11(9(2)10(3)21-12)13(18)17(14)5-6-19-4/h8H,5-6H2,1-4H3/t8-/m0/s1. The summed E-state index contributed by atoms with van der Waals surface area (Å²) < 4.78 is 6.69. The number of aryl methyl sites for hydroxylation is 2. The fourth-order valence-electron chi connectivity index (χ4n) is 1.96. The minimum absolute atomic E-state index is 0.0495. The largest absolute Gasteiger partial charge is 0.383 e. The summed E-state index contributed by atoms with van der Waals surface area (Å²) in [5.41, 5.74) is 0.940. The average molecular weight is 323 g/mol. The van der Waals surface area contributed by atoms with Gasteiger partial charge in [0, 0.05) is 12.0 Å². The molecule has 0 aliphatic rings. The van der Waals surface area contributed by atoms with Crippen LogP contribution >= 0.6 is 23.1 Å². The van der Waals surface area contributed by atoms with Crippen molar-refractivity contribution < 1.29 is 4.74 Å². The van der Waals surface area contributed by atoms with Gasteiger partial charge < -0.3 is 4.74 Å². The highest BCUT2D eigenvalue weighted by molar-refractivity contribution is 8.00. The van der Waals surface area contributed by atoms with Gasteiger partial charge in [-0.3, -0.25) is 9.36 Å². The van der Waals surface area contributed by atoms with Gasteiger partial charge in [0.1, 0.15) is 4.83 Å². The maximum absolute atomic E-state index is 12.7. The Balaban J connectivity index is 2.65. The van der Waals surface area contributed by atoms with Crippen LogP contribution in [0.2, 0.25) is 0 Å². The summed E-state index contributed by atoms with van der Waals surface area (Å²) >= 11 is 2.83. The SMILES string of the molecule is COCCn1c(S[C@@H](C)C#N)nc2sc(C)c(C)c2c1=O. The van der Waals surface area contributed by atoms with Crippen molar-refractivity contribution in [2.24, 2.45) is 0 Å². The van der Waals surface area contributed by atoms with E-state index in [1.165, 1.54) is 23.1 Å². The van der Waals surface area contributed by atoms with Crippen LogP contribution in [0.1, 0.15) is 17.4 Å². The lowest BCUT2D eigenvalue weighted by Gasteiger charge is -2.12. The molecule has 0 aliphatic heterocycles. The summed E-state index contributed by atoms with van der Waals surface area (Å²) in [6, 6.07) is 2.16. The Morgan fingerprint density at radius 3 is 2.86 bits per heavy atom. The Hall–Kier alpha value is -1.36. The molecular formula is C14H17N3O2S2. The minimum atomic E-state index is -0.259. The molecular weight excluding hydrogens is 306 g/mol. The van der Waals surface area contributed by atoms with Crippen LogP contribution in [0.4, 0.5) is 0 Å². The van der Waals surface area contributed by atoms with Crippen LogP contribution in [0.3, 0.4) is 0 Å². The van der Waals surface area contributed by atoms with E-state index < -0.39 is 0 Å². The Labute approximate surface area is 131 Å². The Morgan fingerprint density at radius 1 is 1.52 bits per heavy atom. The molecule has 0 aliphatic carbocycles. The van der Waals surface area contributed by atoms with Gasteiger partial charge in [-0.25, -0.2) is 4.98 Å². The molecule has 2 rings (SSSR count).